The van der Waals surface area contributed by atoms with Crippen molar-refractivity contribution in [1.82, 2.24) is 10.2 Å². The topological polar surface area (TPSA) is 62.5 Å². The molecule has 0 saturated heterocycles. The molecule has 0 unspecified atom stereocenters. The highest BCUT2D eigenvalue weighted by Gasteiger charge is 2.09. The average Bonchev–Trinajstić information content (AvgIpc) is 2.56. The van der Waals surface area contributed by atoms with E-state index >= 15 is 0 Å². The van der Waals surface area contributed by atoms with Crippen LogP contribution in [-0.4, -0.2) is 16.2 Å². The SMILES string of the molecule is CCCC(CCC)N=Nc1nnc(Cl)cc1Nc1ccc(Cl)cc1. The summed E-state index contributed by atoms with van der Waals surface area (Å²) in [6.45, 7) is 4.29. The molecule has 0 fully saturated rings. The summed E-state index contributed by atoms with van der Waals surface area (Å²) in [6, 6.07) is 9.25. The van der Waals surface area contributed by atoms with Gasteiger partial charge < -0.3 is 5.32 Å². The number of anilines is 2. The van der Waals surface area contributed by atoms with Crippen LogP contribution in [0.25, 0.3) is 0 Å². The van der Waals surface area contributed by atoms with E-state index in [0.29, 0.717) is 21.7 Å². The van der Waals surface area contributed by atoms with Crippen molar-refractivity contribution in [2.45, 2.75) is 45.6 Å². The zero-order valence-electron chi connectivity index (χ0n) is 13.8. The van der Waals surface area contributed by atoms with Gasteiger partial charge in [0.2, 0.25) is 5.82 Å². The van der Waals surface area contributed by atoms with E-state index in [0.717, 1.165) is 31.4 Å². The molecule has 0 bridgehead atoms. The molecule has 2 rings (SSSR count). The molecule has 0 aliphatic rings. The second-order valence-electron chi connectivity index (χ2n) is 5.48. The molecule has 1 aromatic heterocycles. The fourth-order valence-electron chi connectivity index (χ4n) is 2.28. The van der Waals surface area contributed by atoms with E-state index in [1.165, 1.54) is 0 Å². The number of hydrogen-bond acceptors (Lipinski definition) is 5. The number of nitrogens with one attached hydrogen (secondary N) is 1. The first kappa shape index (κ1) is 18.6. The summed E-state index contributed by atoms with van der Waals surface area (Å²) in [5.74, 6) is 0.423. The Balaban J connectivity index is 2.21. The Bertz CT molecular complexity index is 667. The molecule has 0 atom stereocenters. The molecule has 24 heavy (non-hydrogen) atoms. The Morgan fingerprint density at radius 1 is 1.04 bits per heavy atom. The van der Waals surface area contributed by atoms with Crippen LogP contribution in [0.2, 0.25) is 10.2 Å². The monoisotopic (exact) mass is 365 g/mol. The van der Waals surface area contributed by atoms with Crippen LogP contribution in [0.3, 0.4) is 0 Å². The summed E-state index contributed by atoms with van der Waals surface area (Å²) < 4.78 is 0. The molecular formula is C17H21Cl2N5. The van der Waals surface area contributed by atoms with E-state index < -0.39 is 0 Å². The van der Waals surface area contributed by atoms with Crippen LogP contribution in [-0.2, 0) is 0 Å². The number of halogens is 2. The Kier molecular flexibility index (Phi) is 7.40. The van der Waals surface area contributed by atoms with Crippen molar-refractivity contribution < 1.29 is 0 Å². The normalized spacial score (nSPS) is 11.4. The molecule has 128 valence electrons. The highest BCUT2D eigenvalue weighted by Crippen LogP contribution is 2.28. The lowest BCUT2D eigenvalue weighted by Gasteiger charge is -2.10. The van der Waals surface area contributed by atoms with E-state index in [-0.39, 0.29) is 6.04 Å². The molecule has 0 aliphatic heterocycles. The molecular weight excluding hydrogens is 345 g/mol. The standard InChI is InChI=1S/C17H21Cl2N5/c1-3-5-14(6-4-2)21-23-17-15(11-16(19)22-24-17)20-13-9-7-12(18)8-10-13/h7-11,14H,3-6H2,1-2H3,(H,20,22). The van der Waals surface area contributed by atoms with Gasteiger partial charge in [0.05, 0.1) is 11.7 Å². The van der Waals surface area contributed by atoms with Crippen molar-refractivity contribution in [1.29, 1.82) is 0 Å². The van der Waals surface area contributed by atoms with Crippen LogP contribution in [0.5, 0.6) is 0 Å². The van der Waals surface area contributed by atoms with Gasteiger partial charge in [-0.25, -0.2) is 0 Å². The molecule has 0 radical (unpaired) electrons. The molecule has 0 spiro atoms. The second kappa shape index (κ2) is 9.55. The smallest absolute Gasteiger partial charge is 0.219 e. The van der Waals surface area contributed by atoms with Crippen LogP contribution >= 0.6 is 23.2 Å². The first-order valence-corrected chi connectivity index (χ1v) is 8.84. The van der Waals surface area contributed by atoms with Gasteiger partial charge in [0.25, 0.3) is 0 Å². The molecule has 2 aromatic rings. The number of benzene rings is 1. The number of hydrogen-bond donors (Lipinski definition) is 1. The third-order valence-electron chi connectivity index (χ3n) is 3.43. The molecule has 1 N–H and O–H groups in total. The summed E-state index contributed by atoms with van der Waals surface area (Å²) in [5.41, 5.74) is 1.52. The number of rotatable bonds is 8. The maximum Gasteiger partial charge on any atom is 0.219 e. The van der Waals surface area contributed by atoms with E-state index in [9.17, 15) is 0 Å². The van der Waals surface area contributed by atoms with Gasteiger partial charge in [-0.2, -0.15) is 5.11 Å². The zero-order valence-corrected chi connectivity index (χ0v) is 15.3. The van der Waals surface area contributed by atoms with Gasteiger partial charge in [-0.3, -0.25) is 0 Å². The fraction of sp³-hybridized carbons (Fsp3) is 0.412. The lowest BCUT2D eigenvalue weighted by Crippen LogP contribution is -2.02. The van der Waals surface area contributed by atoms with Gasteiger partial charge in [-0.15, -0.1) is 15.3 Å². The van der Waals surface area contributed by atoms with Crippen molar-refractivity contribution in [3.8, 4) is 0 Å². The van der Waals surface area contributed by atoms with Crippen LogP contribution in [0.1, 0.15) is 39.5 Å². The average molecular weight is 366 g/mol. The minimum atomic E-state index is 0.209. The van der Waals surface area contributed by atoms with Crippen LogP contribution < -0.4 is 5.32 Å². The number of aromatic nitrogens is 2. The highest BCUT2D eigenvalue weighted by atomic mass is 35.5. The fourth-order valence-corrected chi connectivity index (χ4v) is 2.55. The van der Waals surface area contributed by atoms with Crippen molar-refractivity contribution in [3.63, 3.8) is 0 Å². The van der Waals surface area contributed by atoms with Crippen molar-refractivity contribution in [2.24, 2.45) is 10.2 Å². The summed E-state index contributed by atoms with van der Waals surface area (Å²) in [5, 5.41) is 20.9. The second-order valence-corrected chi connectivity index (χ2v) is 6.31. The first-order chi connectivity index (χ1) is 11.6. The maximum atomic E-state index is 5.96. The molecule has 5 nitrogen and oxygen atoms in total. The Labute approximate surface area is 152 Å². The predicted molar refractivity (Wildman–Crippen MR) is 99.9 cm³/mol. The first-order valence-electron chi connectivity index (χ1n) is 8.09. The Morgan fingerprint density at radius 3 is 2.33 bits per heavy atom. The summed E-state index contributed by atoms with van der Waals surface area (Å²) in [7, 11) is 0. The van der Waals surface area contributed by atoms with Gasteiger partial charge in [0, 0.05) is 16.8 Å². The third kappa shape index (κ3) is 5.73. The zero-order chi connectivity index (χ0) is 17.4. The van der Waals surface area contributed by atoms with E-state index in [1.54, 1.807) is 18.2 Å². The summed E-state index contributed by atoms with van der Waals surface area (Å²) in [6.07, 6.45) is 4.17. The summed E-state index contributed by atoms with van der Waals surface area (Å²) in [4.78, 5) is 0. The lowest BCUT2D eigenvalue weighted by molar-refractivity contribution is 0.536. The predicted octanol–water partition coefficient (Wildman–Crippen LogP) is 6.58. The molecule has 1 heterocycles. The largest absolute Gasteiger partial charge is 0.352 e. The van der Waals surface area contributed by atoms with Gasteiger partial charge in [-0.05, 0) is 37.1 Å². The third-order valence-corrected chi connectivity index (χ3v) is 3.86. The Hall–Kier alpha value is -1.72. The number of azo groups is 1. The molecule has 0 amide bonds. The van der Waals surface area contributed by atoms with E-state index in [1.807, 2.05) is 12.1 Å². The van der Waals surface area contributed by atoms with Crippen LogP contribution in [0, 0.1) is 0 Å². The van der Waals surface area contributed by atoms with Crippen molar-refractivity contribution in [2.75, 3.05) is 5.32 Å². The van der Waals surface area contributed by atoms with Gasteiger partial charge in [0.1, 0.15) is 0 Å². The minimum absolute atomic E-state index is 0.209. The van der Waals surface area contributed by atoms with Gasteiger partial charge >= 0.3 is 0 Å². The van der Waals surface area contributed by atoms with E-state index in [2.05, 4.69) is 39.6 Å². The van der Waals surface area contributed by atoms with Gasteiger partial charge in [0.15, 0.2) is 5.15 Å². The quantitative estimate of drug-likeness (QED) is 0.537. The minimum Gasteiger partial charge on any atom is -0.352 e. The van der Waals surface area contributed by atoms with Crippen molar-refractivity contribution >= 4 is 40.4 Å². The Morgan fingerprint density at radius 2 is 1.71 bits per heavy atom. The van der Waals surface area contributed by atoms with Crippen molar-refractivity contribution in [3.05, 3.63) is 40.5 Å². The highest BCUT2D eigenvalue weighted by molar-refractivity contribution is 6.30. The van der Waals surface area contributed by atoms with E-state index in [4.69, 9.17) is 23.2 Å². The van der Waals surface area contributed by atoms with Crippen LogP contribution in [0.4, 0.5) is 17.2 Å². The van der Waals surface area contributed by atoms with Crippen LogP contribution in [0.15, 0.2) is 40.6 Å². The maximum absolute atomic E-state index is 5.96. The summed E-state index contributed by atoms with van der Waals surface area (Å²) >= 11 is 11.9. The van der Waals surface area contributed by atoms with Gasteiger partial charge in [-0.1, -0.05) is 49.9 Å². The number of nitrogens with zero attached hydrogens (tertiary/aromatic N) is 4. The molecule has 0 saturated carbocycles. The molecule has 0 aliphatic carbocycles. The lowest BCUT2D eigenvalue weighted by atomic mass is 10.1. The molecule has 1 aromatic carbocycles. The molecule has 7 heteroatoms.